The van der Waals surface area contributed by atoms with Crippen molar-refractivity contribution in [2.24, 2.45) is 0 Å². The number of carbonyl (C=O) groups is 1. The largest absolute Gasteiger partial charge is 0.478 e. The smallest absolute Gasteiger partial charge is 0.335 e. The molecule has 0 atom stereocenters. The topological polar surface area (TPSA) is 108 Å². The second-order valence-corrected chi connectivity index (χ2v) is 9.47. The Morgan fingerprint density at radius 1 is 1.19 bits per heavy atom. The number of aromatic carboxylic acids is 1. The van der Waals surface area contributed by atoms with Gasteiger partial charge in [-0.05, 0) is 61.9 Å². The van der Waals surface area contributed by atoms with Crippen molar-refractivity contribution in [1.29, 1.82) is 0 Å². The van der Waals surface area contributed by atoms with Crippen molar-refractivity contribution in [3.05, 3.63) is 81.3 Å². The van der Waals surface area contributed by atoms with Gasteiger partial charge < -0.3 is 19.1 Å². The average Bonchev–Trinajstić information content (AvgIpc) is 3.65. The molecular weight excluding hydrogens is 482 g/mol. The first-order valence-electron chi connectivity index (χ1n) is 11.7. The van der Waals surface area contributed by atoms with Gasteiger partial charge in [-0.15, -0.1) is 0 Å². The monoisotopic (exact) mass is 503 g/mol. The van der Waals surface area contributed by atoms with Crippen LogP contribution in [0.2, 0.25) is 5.02 Å². The van der Waals surface area contributed by atoms with Crippen molar-refractivity contribution >= 4 is 17.6 Å². The molecule has 2 aliphatic rings. The van der Waals surface area contributed by atoms with Gasteiger partial charge in [0.05, 0.1) is 28.0 Å². The number of ether oxygens (including phenoxy) is 2. The number of halogens is 1. The molecule has 3 heterocycles. The van der Waals surface area contributed by atoms with Gasteiger partial charge in [0.1, 0.15) is 23.8 Å². The van der Waals surface area contributed by atoms with E-state index in [0.717, 1.165) is 40.9 Å². The van der Waals surface area contributed by atoms with Crippen molar-refractivity contribution in [3.63, 3.8) is 0 Å². The van der Waals surface area contributed by atoms with Gasteiger partial charge in [-0.25, -0.2) is 4.79 Å². The molecule has 9 heteroatoms. The maximum atomic E-state index is 11.3. The number of hydrogen-bond acceptors (Lipinski definition) is 7. The quantitative estimate of drug-likeness (QED) is 0.334. The Balaban J connectivity index is 1.27. The summed E-state index contributed by atoms with van der Waals surface area (Å²) in [4.78, 5) is 20.3. The van der Waals surface area contributed by atoms with E-state index in [0.29, 0.717) is 46.7 Å². The van der Waals surface area contributed by atoms with Crippen molar-refractivity contribution in [2.45, 2.75) is 45.1 Å². The van der Waals surface area contributed by atoms with Crippen LogP contribution in [0.5, 0.6) is 17.5 Å². The summed E-state index contributed by atoms with van der Waals surface area (Å²) in [6.07, 6.45) is 4.94. The van der Waals surface area contributed by atoms with Crippen LogP contribution in [0.3, 0.4) is 0 Å². The number of hydrogen-bond donors (Lipinski definition) is 1. The van der Waals surface area contributed by atoms with E-state index in [4.69, 9.17) is 25.6 Å². The van der Waals surface area contributed by atoms with Crippen LogP contribution >= 0.6 is 11.6 Å². The summed E-state index contributed by atoms with van der Waals surface area (Å²) < 4.78 is 17.8. The summed E-state index contributed by atoms with van der Waals surface area (Å²) in [6, 6.07) is 10.8. The number of carboxylic acid groups (broad SMARTS) is 1. The zero-order valence-corrected chi connectivity index (χ0v) is 20.2. The molecule has 6 rings (SSSR count). The number of rotatable bonds is 6. The van der Waals surface area contributed by atoms with Crippen molar-refractivity contribution in [2.75, 3.05) is 0 Å². The minimum Gasteiger partial charge on any atom is -0.478 e. The first-order valence-corrected chi connectivity index (χ1v) is 12.1. The van der Waals surface area contributed by atoms with Crippen LogP contribution < -0.4 is 9.47 Å². The van der Waals surface area contributed by atoms with Crippen LogP contribution in [0.4, 0.5) is 0 Å². The summed E-state index contributed by atoms with van der Waals surface area (Å²) >= 11 is 6.52. The van der Waals surface area contributed by atoms with Crippen LogP contribution in [0, 0.1) is 6.92 Å². The summed E-state index contributed by atoms with van der Waals surface area (Å²) in [5.74, 6) is 1.15. The van der Waals surface area contributed by atoms with E-state index in [2.05, 4.69) is 15.1 Å². The molecule has 2 aromatic heterocycles. The van der Waals surface area contributed by atoms with E-state index in [-0.39, 0.29) is 18.2 Å². The molecule has 1 N–H and O–H groups in total. The molecule has 1 aliphatic carbocycles. The maximum Gasteiger partial charge on any atom is 0.335 e. The minimum absolute atomic E-state index is 0.169. The lowest BCUT2D eigenvalue weighted by atomic mass is 10.0. The van der Waals surface area contributed by atoms with E-state index in [9.17, 15) is 9.90 Å². The van der Waals surface area contributed by atoms with Gasteiger partial charge in [0.25, 0.3) is 0 Å². The Labute approximate surface area is 211 Å². The summed E-state index contributed by atoms with van der Waals surface area (Å²) in [5, 5.41) is 14.3. The van der Waals surface area contributed by atoms with Crippen LogP contribution in [0.1, 0.15) is 57.3 Å². The first kappa shape index (κ1) is 22.5. The van der Waals surface area contributed by atoms with E-state index in [1.807, 2.05) is 25.1 Å². The molecule has 182 valence electrons. The predicted octanol–water partition coefficient (Wildman–Crippen LogP) is 6.14. The number of fused-ring (bicyclic) bond motifs is 2. The van der Waals surface area contributed by atoms with Crippen molar-refractivity contribution in [1.82, 2.24) is 15.1 Å². The molecule has 0 saturated heterocycles. The lowest BCUT2D eigenvalue weighted by Gasteiger charge is -2.11. The highest BCUT2D eigenvalue weighted by atomic mass is 35.5. The van der Waals surface area contributed by atoms with Crippen LogP contribution in [-0.4, -0.2) is 26.2 Å². The number of nitrogens with zero attached hydrogens (tertiary/aromatic N) is 3. The third-order valence-electron chi connectivity index (χ3n) is 6.54. The van der Waals surface area contributed by atoms with Gasteiger partial charge >= 0.3 is 12.0 Å². The molecule has 8 nitrogen and oxygen atoms in total. The Morgan fingerprint density at radius 3 is 2.83 bits per heavy atom. The summed E-state index contributed by atoms with van der Waals surface area (Å²) in [7, 11) is 0. The Morgan fingerprint density at radius 2 is 2.06 bits per heavy atom. The molecule has 36 heavy (non-hydrogen) atoms. The summed E-state index contributed by atoms with van der Waals surface area (Å²) in [6.45, 7) is 2.18. The Hall–Kier alpha value is -3.91. The van der Waals surface area contributed by atoms with Gasteiger partial charge in [-0.2, -0.15) is 9.97 Å². The van der Waals surface area contributed by atoms with Crippen molar-refractivity contribution in [3.8, 4) is 28.8 Å². The first-order chi connectivity index (χ1) is 17.5. The highest BCUT2D eigenvalue weighted by molar-refractivity contribution is 6.33. The molecular formula is C27H22ClN3O5. The predicted molar refractivity (Wildman–Crippen MR) is 131 cm³/mol. The van der Waals surface area contributed by atoms with Crippen molar-refractivity contribution < 1.29 is 23.9 Å². The van der Waals surface area contributed by atoms with Crippen LogP contribution in [0.25, 0.3) is 11.3 Å². The maximum absolute atomic E-state index is 11.3. The normalized spacial score (nSPS) is 14.4. The number of benzene rings is 2. The van der Waals surface area contributed by atoms with Gasteiger partial charge in [-0.3, -0.25) is 0 Å². The Bertz CT molecular complexity index is 1470. The lowest BCUT2D eigenvalue weighted by Crippen LogP contribution is -2.05. The average molecular weight is 504 g/mol. The molecule has 2 aromatic carbocycles. The van der Waals surface area contributed by atoms with E-state index < -0.39 is 5.97 Å². The Kier molecular flexibility index (Phi) is 5.60. The van der Waals surface area contributed by atoms with E-state index in [1.165, 1.54) is 6.07 Å². The SMILES string of the molecule is Cc1cccc(Cl)c1-c1noc(C2CC2)c1COc1ncc2c(n1)CCc1ccc(C(=O)O)cc1O2. The molecule has 1 saturated carbocycles. The van der Waals surface area contributed by atoms with Gasteiger partial charge in [-0.1, -0.05) is 35.0 Å². The molecule has 0 unspecified atom stereocenters. The number of aryl methyl sites for hydroxylation is 3. The molecule has 0 amide bonds. The zero-order chi connectivity index (χ0) is 24.8. The second kappa shape index (κ2) is 8.95. The van der Waals surface area contributed by atoms with Crippen LogP contribution in [0.15, 0.2) is 47.1 Å². The van der Waals surface area contributed by atoms with Gasteiger partial charge in [0, 0.05) is 11.5 Å². The molecule has 1 fully saturated rings. The fourth-order valence-corrected chi connectivity index (χ4v) is 4.79. The van der Waals surface area contributed by atoms with Gasteiger partial charge in [0.15, 0.2) is 5.75 Å². The highest BCUT2D eigenvalue weighted by Crippen LogP contribution is 2.45. The van der Waals surface area contributed by atoms with Crippen LogP contribution in [-0.2, 0) is 19.4 Å². The summed E-state index contributed by atoms with van der Waals surface area (Å²) in [5.41, 5.74) is 5.16. The standard InChI is InChI=1S/C27H22ClN3O5/c1-14-3-2-4-19(28)23(14)24-18(25(36-31-24)16-6-7-16)13-34-27-29-12-22-20(30-27)10-9-15-5-8-17(26(32)33)11-21(15)35-22/h2-5,8,11-12,16H,6-7,9-10,13H2,1H3,(H,32,33). The number of aromatic nitrogens is 3. The third-order valence-corrected chi connectivity index (χ3v) is 6.86. The molecule has 0 radical (unpaired) electrons. The van der Waals surface area contributed by atoms with Gasteiger partial charge in [0.2, 0.25) is 0 Å². The molecule has 0 spiro atoms. The fraction of sp³-hybridized carbons (Fsp3) is 0.259. The van der Waals surface area contributed by atoms with E-state index in [1.54, 1.807) is 18.3 Å². The molecule has 1 aliphatic heterocycles. The minimum atomic E-state index is -1.00. The third kappa shape index (κ3) is 4.18. The highest BCUT2D eigenvalue weighted by Gasteiger charge is 2.33. The zero-order valence-electron chi connectivity index (χ0n) is 19.5. The molecule has 4 aromatic rings. The van der Waals surface area contributed by atoms with E-state index >= 15 is 0 Å². The lowest BCUT2D eigenvalue weighted by molar-refractivity contribution is 0.0696. The fourth-order valence-electron chi connectivity index (χ4n) is 4.48. The number of carboxylic acids is 1. The molecule has 0 bridgehead atoms. The second-order valence-electron chi connectivity index (χ2n) is 9.06.